The molecule has 19 heavy (non-hydrogen) atoms. The van der Waals surface area contributed by atoms with E-state index in [9.17, 15) is 0 Å². The lowest BCUT2D eigenvalue weighted by Gasteiger charge is -2.08. The van der Waals surface area contributed by atoms with E-state index in [0.29, 0.717) is 5.16 Å². The van der Waals surface area contributed by atoms with Crippen LogP contribution in [-0.4, -0.2) is 20.1 Å². The molecule has 0 unspecified atom stereocenters. The van der Waals surface area contributed by atoms with Crippen molar-refractivity contribution in [3.8, 4) is 0 Å². The summed E-state index contributed by atoms with van der Waals surface area (Å²) in [6, 6.07) is 1.93. The van der Waals surface area contributed by atoms with E-state index in [2.05, 4.69) is 15.0 Å². The smallest absolute Gasteiger partial charge is 0.194 e. The summed E-state index contributed by atoms with van der Waals surface area (Å²) in [5, 5.41) is 10.7. The number of hydrogen-bond donors (Lipinski definition) is 1. The number of aromatic nitrogens is 3. The molecule has 0 aromatic carbocycles. The quantitative estimate of drug-likeness (QED) is 0.873. The van der Waals surface area contributed by atoms with Gasteiger partial charge in [-0.05, 0) is 62.2 Å². The van der Waals surface area contributed by atoms with Crippen LogP contribution in [0.3, 0.4) is 0 Å². The second kappa shape index (κ2) is 5.67. The molecule has 2 rings (SSSR count). The highest BCUT2D eigenvalue weighted by Crippen LogP contribution is 2.27. The molecule has 0 saturated carbocycles. The molecule has 4 nitrogen and oxygen atoms in total. The van der Waals surface area contributed by atoms with E-state index in [0.717, 1.165) is 33.1 Å². The first-order valence-electron chi connectivity index (χ1n) is 6.07. The maximum Gasteiger partial charge on any atom is 0.194 e. The van der Waals surface area contributed by atoms with Crippen LogP contribution in [0.2, 0.25) is 0 Å². The molecule has 0 spiro atoms. The van der Waals surface area contributed by atoms with Crippen LogP contribution in [0.25, 0.3) is 0 Å². The van der Waals surface area contributed by atoms with E-state index in [1.54, 1.807) is 6.20 Å². The molecular formula is C14H17N3OS. The average Bonchev–Trinajstić information content (AvgIpc) is 2.38. The minimum absolute atomic E-state index is 0.0119. The molecule has 0 aliphatic carbocycles. The van der Waals surface area contributed by atoms with Gasteiger partial charge in [-0.3, -0.25) is 0 Å². The number of hydrogen-bond acceptors (Lipinski definition) is 5. The van der Waals surface area contributed by atoms with E-state index in [1.807, 2.05) is 33.8 Å². The number of pyridine rings is 1. The molecule has 0 radical (unpaired) electrons. The number of aliphatic hydroxyl groups excluding tert-OH is 1. The monoisotopic (exact) mass is 275 g/mol. The molecule has 5 heteroatoms. The molecule has 2 aromatic rings. The van der Waals surface area contributed by atoms with Gasteiger partial charge >= 0.3 is 0 Å². The normalized spacial score (nSPS) is 10.8. The van der Waals surface area contributed by atoms with Gasteiger partial charge in [0.15, 0.2) is 5.16 Å². The molecule has 0 aliphatic rings. The van der Waals surface area contributed by atoms with Crippen LogP contribution in [0.4, 0.5) is 0 Å². The molecule has 0 atom stereocenters. The summed E-state index contributed by atoms with van der Waals surface area (Å²) < 4.78 is 0. The van der Waals surface area contributed by atoms with Gasteiger partial charge in [-0.2, -0.15) is 0 Å². The van der Waals surface area contributed by atoms with Crippen LogP contribution in [0.1, 0.15) is 28.1 Å². The summed E-state index contributed by atoms with van der Waals surface area (Å²) >= 11 is 1.46. The highest BCUT2D eigenvalue weighted by atomic mass is 32.2. The van der Waals surface area contributed by atoms with E-state index >= 15 is 0 Å². The molecule has 100 valence electrons. The molecule has 0 aliphatic heterocycles. The Morgan fingerprint density at radius 3 is 2.26 bits per heavy atom. The maximum absolute atomic E-state index is 9.07. The first-order valence-corrected chi connectivity index (χ1v) is 6.89. The third-order valence-corrected chi connectivity index (χ3v) is 4.06. The fourth-order valence-corrected chi connectivity index (χ4v) is 2.55. The Bertz CT molecular complexity index is 591. The number of aryl methyl sites for hydroxylation is 3. The predicted molar refractivity (Wildman–Crippen MR) is 75.3 cm³/mol. The van der Waals surface area contributed by atoms with Crippen molar-refractivity contribution in [2.75, 3.05) is 0 Å². The van der Waals surface area contributed by atoms with Crippen LogP contribution in [0.5, 0.6) is 0 Å². The molecule has 2 aromatic heterocycles. The highest BCUT2D eigenvalue weighted by Gasteiger charge is 2.09. The van der Waals surface area contributed by atoms with Crippen LogP contribution in [0, 0.1) is 27.7 Å². The Hall–Kier alpha value is -1.46. The highest BCUT2D eigenvalue weighted by molar-refractivity contribution is 7.99. The third-order valence-electron chi connectivity index (χ3n) is 3.07. The summed E-state index contributed by atoms with van der Waals surface area (Å²) in [6.45, 7) is 7.99. The molecule has 0 bridgehead atoms. The van der Waals surface area contributed by atoms with Crippen LogP contribution in [-0.2, 0) is 6.61 Å². The zero-order valence-electron chi connectivity index (χ0n) is 11.6. The molecule has 0 saturated heterocycles. The topological polar surface area (TPSA) is 58.9 Å². The summed E-state index contributed by atoms with van der Waals surface area (Å²) in [7, 11) is 0. The van der Waals surface area contributed by atoms with Gasteiger partial charge in [0, 0.05) is 17.6 Å². The van der Waals surface area contributed by atoms with Crippen molar-refractivity contribution in [1.29, 1.82) is 0 Å². The van der Waals surface area contributed by atoms with Crippen molar-refractivity contribution in [1.82, 2.24) is 15.0 Å². The zero-order valence-corrected chi connectivity index (χ0v) is 12.4. The fourth-order valence-electron chi connectivity index (χ4n) is 1.69. The average molecular weight is 275 g/mol. The summed E-state index contributed by atoms with van der Waals surface area (Å²) in [6.07, 6.45) is 1.68. The van der Waals surface area contributed by atoms with Crippen molar-refractivity contribution < 1.29 is 5.11 Å². The van der Waals surface area contributed by atoms with E-state index in [1.165, 1.54) is 11.8 Å². The zero-order chi connectivity index (χ0) is 14.0. The van der Waals surface area contributed by atoms with Gasteiger partial charge < -0.3 is 5.11 Å². The molecular weight excluding hydrogens is 258 g/mol. The lowest BCUT2D eigenvalue weighted by atomic mass is 10.2. The predicted octanol–water partition coefficient (Wildman–Crippen LogP) is 2.75. The van der Waals surface area contributed by atoms with Crippen molar-refractivity contribution in [3.05, 3.63) is 40.3 Å². The molecule has 2 heterocycles. The summed E-state index contributed by atoms with van der Waals surface area (Å²) in [5.41, 5.74) is 4.97. The second-order valence-corrected chi connectivity index (χ2v) is 5.48. The van der Waals surface area contributed by atoms with Crippen molar-refractivity contribution in [3.63, 3.8) is 0 Å². The Morgan fingerprint density at radius 1 is 1.11 bits per heavy atom. The summed E-state index contributed by atoms with van der Waals surface area (Å²) in [5.74, 6) is 0. The van der Waals surface area contributed by atoms with Gasteiger partial charge in [0.1, 0.15) is 5.03 Å². The number of rotatable bonds is 3. The van der Waals surface area contributed by atoms with Gasteiger partial charge in [0.25, 0.3) is 0 Å². The number of aliphatic hydroxyl groups is 1. The van der Waals surface area contributed by atoms with Gasteiger partial charge in [-0.15, -0.1) is 0 Å². The van der Waals surface area contributed by atoms with E-state index in [4.69, 9.17) is 5.11 Å². The Labute approximate surface area is 117 Å². The Kier molecular flexibility index (Phi) is 4.17. The summed E-state index contributed by atoms with van der Waals surface area (Å²) in [4.78, 5) is 13.3. The number of nitrogens with zero attached hydrogens (tertiary/aromatic N) is 3. The fraction of sp³-hybridized carbons (Fsp3) is 0.357. The first kappa shape index (κ1) is 14.0. The van der Waals surface area contributed by atoms with Crippen molar-refractivity contribution in [2.24, 2.45) is 0 Å². The first-order chi connectivity index (χ1) is 9.01. The van der Waals surface area contributed by atoms with Gasteiger partial charge in [-0.1, -0.05) is 0 Å². The molecule has 1 N–H and O–H groups in total. The van der Waals surface area contributed by atoms with Crippen molar-refractivity contribution >= 4 is 11.8 Å². The van der Waals surface area contributed by atoms with E-state index in [-0.39, 0.29) is 6.61 Å². The Balaban J connectivity index is 2.31. The minimum atomic E-state index is 0.0119. The molecule has 0 amide bonds. The molecule has 0 fully saturated rings. The lowest BCUT2D eigenvalue weighted by molar-refractivity contribution is 0.281. The van der Waals surface area contributed by atoms with Crippen LogP contribution >= 0.6 is 11.8 Å². The SMILES string of the molecule is Cc1cc(CO)cnc1Sc1nc(C)c(C)c(C)n1. The maximum atomic E-state index is 9.07. The standard InChI is InChI=1S/C14H17N3OS/c1-8-5-12(7-18)6-15-13(8)19-14-16-10(3)9(2)11(4)17-14/h5-6,18H,7H2,1-4H3. The lowest BCUT2D eigenvalue weighted by Crippen LogP contribution is -1.99. The Morgan fingerprint density at radius 2 is 1.74 bits per heavy atom. The van der Waals surface area contributed by atoms with Gasteiger partial charge in [-0.25, -0.2) is 15.0 Å². The third kappa shape index (κ3) is 3.11. The largest absolute Gasteiger partial charge is 0.392 e. The minimum Gasteiger partial charge on any atom is -0.392 e. The van der Waals surface area contributed by atoms with Gasteiger partial charge in [0.05, 0.1) is 6.61 Å². The second-order valence-electron chi connectivity index (χ2n) is 4.53. The van der Waals surface area contributed by atoms with Gasteiger partial charge in [0.2, 0.25) is 0 Å². The van der Waals surface area contributed by atoms with E-state index < -0.39 is 0 Å². The van der Waals surface area contributed by atoms with Crippen LogP contribution < -0.4 is 0 Å². The van der Waals surface area contributed by atoms with Crippen LogP contribution in [0.15, 0.2) is 22.4 Å². The van der Waals surface area contributed by atoms with Crippen molar-refractivity contribution in [2.45, 2.75) is 44.5 Å².